The molecule has 0 N–H and O–H groups in total. The Morgan fingerprint density at radius 3 is 2.57 bits per heavy atom. The largest absolute Gasteiger partial charge is 0.0885 e. The first kappa shape index (κ1) is 7.47. The third kappa shape index (κ3) is 1.69. The van der Waals surface area contributed by atoms with Crippen LogP contribution in [0, 0.1) is 0 Å². The maximum Gasteiger partial charge on any atom is 0.0873 e. The van der Waals surface area contributed by atoms with E-state index in [9.17, 15) is 0 Å². The second kappa shape index (κ2) is 3.74. The average molecular weight is 204 g/mol. The molecule has 0 saturated carbocycles. The molecule has 14 heavy (non-hydrogen) atoms. The molecule has 2 rings (SSSR count). The van der Waals surface area contributed by atoms with Crippen LogP contribution in [0.15, 0.2) is 42.5 Å². The smallest absolute Gasteiger partial charge is 0.0873 e. The van der Waals surface area contributed by atoms with Gasteiger partial charge in [-0.05, 0) is 18.3 Å². The molecule has 1 heteroatoms. The van der Waals surface area contributed by atoms with Crippen LogP contribution in [0.3, 0.4) is 0 Å². The fraction of sp³-hybridized carbons (Fsp3) is 0.385. The Labute approximate surface area is 90.5 Å². The second-order valence-electron chi connectivity index (χ2n) is 4.38. The molecular formula is C13H18Si. The molecule has 0 spiro atoms. The predicted octanol–water partition coefficient (Wildman–Crippen LogP) is 3.32. The summed E-state index contributed by atoms with van der Waals surface area (Å²) in [6, 6.07) is 10.5. The summed E-state index contributed by atoms with van der Waals surface area (Å²) in [7, 11) is -1.65. The molecule has 0 unspecified atom stereocenters. The van der Waals surface area contributed by atoms with E-state index in [1.54, 1.807) is 0 Å². The van der Waals surface area contributed by atoms with Gasteiger partial charge in [-0.25, -0.2) is 0 Å². The summed E-state index contributed by atoms with van der Waals surface area (Å²) in [5.74, 6) is 0. The normalized spacial score (nSPS) is 34.0. The maximum atomic E-state index is 8.08. The van der Waals surface area contributed by atoms with Crippen LogP contribution in [0.2, 0.25) is 18.6 Å². The summed E-state index contributed by atoms with van der Waals surface area (Å²) in [5, 5.41) is 1.39. The Kier molecular flexibility index (Phi) is 1.99. The van der Waals surface area contributed by atoms with E-state index in [0.717, 1.165) is 0 Å². The molecule has 1 aliphatic carbocycles. The Morgan fingerprint density at radius 1 is 1.29 bits per heavy atom. The highest BCUT2D eigenvalue weighted by molar-refractivity contribution is 6.91. The second-order valence-corrected chi connectivity index (χ2v) is 9.07. The van der Waals surface area contributed by atoms with Gasteiger partial charge in [0.1, 0.15) is 0 Å². The van der Waals surface area contributed by atoms with Gasteiger partial charge >= 0.3 is 0 Å². The summed E-state index contributed by atoms with van der Waals surface area (Å²) in [6.07, 6.45) is 3.39. The van der Waals surface area contributed by atoms with Crippen molar-refractivity contribution < 1.29 is 2.74 Å². The molecule has 0 fully saturated rings. The molecule has 0 amide bonds. The highest BCUT2D eigenvalue weighted by Gasteiger charge is 2.32. The van der Waals surface area contributed by atoms with E-state index < -0.39 is 8.07 Å². The SMILES string of the molecule is [2H][C@@H]1[C@H]([2H])C=C[C@H]1[Si](C)(C)c1ccccc1. The Hall–Kier alpha value is -0.823. The average Bonchev–Trinajstić information content (AvgIpc) is 2.61. The molecule has 0 bridgehead atoms. The topological polar surface area (TPSA) is 0 Å². The maximum absolute atomic E-state index is 8.08. The number of hydrogen-bond donors (Lipinski definition) is 0. The molecule has 1 aromatic rings. The van der Waals surface area contributed by atoms with Crippen molar-refractivity contribution in [2.75, 3.05) is 0 Å². The lowest BCUT2D eigenvalue weighted by atomic mass is 10.3. The quantitative estimate of drug-likeness (QED) is 0.512. The standard InChI is InChI=1S/C13H18Si/c1-14(2,13-10-6-7-11-13)12-8-4-3-5-9-12/h3-6,8-10,13H,7,11H2,1-2H3/t13-/m1/s1/i7D,11D/t7-,11-,13-. The molecule has 1 aliphatic rings. The van der Waals surface area contributed by atoms with Crippen LogP contribution < -0.4 is 5.19 Å². The van der Waals surface area contributed by atoms with E-state index >= 15 is 0 Å². The molecule has 0 heterocycles. The van der Waals surface area contributed by atoms with E-state index in [4.69, 9.17) is 2.74 Å². The lowest BCUT2D eigenvalue weighted by molar-refractivity contribution is 0.899. The van der Waals surface area contributed by atoms with Crippen molar-refractivity contribution in [1.29, 1.82) is 0 Å². The predicted molar refractivity (Wildman–Crippen MR) is 65.7 cm³/mol. The number of benzene rings is 1. The summed E-state index contributed by atoms with van der Waals surface area (Å²) >= 11 is 0. The minimum absolute atomic E-state index is 0.275. The summed E-state index contributed by atoms with van der Waals surface area (Å²) in [6.45, 7) is 4.61. The Bertz CT molecular complexity index is 386. The fourth-order valence-electron chi connectivity index (χ4n) is 1.97. The minimum atomic E-state index is -1.65. The molecule has 0 nitrogen and oxygen atoms in total. The Morgan fingerprint density at radius 2 is 2.00 bits per heavy atom. The monoisotopic (exact) mass is 204 g/mol. The van der Waals surface area contributed by atoms with Crippen LogP contribution in [0.1, 0.15) is 15.5 Å². The zero-order valence-corrected chi connectivity index (χ0v) is 9.77. The lowest BCUT2D eigenvalue weighted by Crippen LogP contribution is -2.44. The number of allylic oxidation sites excluding steroid dienone is 2. The highest BCUT2D eigenvalue weighted by Crippen LogP contribution is 2.32. The molecule has 74 valence electrons. The number of rotatable bonds is 2. The molecule has 0 saturated heterocycles. The van der Waals surface area contributed by atoms with Gasteiger partial charge in [0.05, 0.1) is 8.07 Å². The van der Waals surface area contributed by atoms with Crippen LogP contribution in [0.25, 0.3) is 0 Å². The van der Waals surface area contributed by atoms with Crippen LogP contribution >= 0.6 is 0 Å². The molecule has 1 aromatic carbocycles. The lowest BCUT2D eigenvalue weighted by Gasteiger charge is -2.28. The highest BCUT2D eigenvalue weighted by atomic mass is 28.3. The molecule has 0 aromatic heterocycles. The summed E-state index contributed by atoms with van der Waals surface area (Å²) in [5.41, 5.74) is 0.275. The van der Waals surface area contributed by atoms with Crippen molar-refractivity contribution in [3.8, 4) is 0 Å². The van der Waals surface area contributed by atoms with Gasteiger partial charge in [-0.3, -0.25) is 0 Å². The van der Waals surface area contributed by atoms with Crippen molar-refractivity contribution >= 4 is 13.3 Å². The van der Waals surface area contributed by atoms with Gasteiger partial charge in [0.2, 0.25) is 0 Å². The van der Waals surface area contributed by atoms with E-state index in [1.165, 1.54) is 5.19 Å². The van der Waals surface area contributed by atoms with Gasteiger partial charge in [0.25, 0.3) is 0 Å². The first-order chi connectivity index (χ1) is 7.53. The molecule has 0 radical (unpaired) electrons. The zero-order chi connectivity index (χ0) is 11.8. The first-order valence-electron chi connectivity index (χ1n) is 6.27. The van der Waals surface area contributed by atoms with Crippen molar-refractivity contribution in [2.45, 2.75) is 31.4 Å². The van der Waals surface area contributed by atoms with Gasteiger partial charge in [-0.2, -0.15) is 0 Å². The van der Waals surface area contributed by atoms with E-state index in [1.807, 2.05) is 12.1 Å². The van der Waals surface area contributed by atoms with Crippen molar-refractivity contribution in [3.63, 3.8) is 0 Å². The first-order valence-corrected chi connectivity index (χ1v) is 8.19. The van der Waals surface area contributed by atoms with Crippen molar-refractivity contribution in [2.24, 2.45) is 0 Å². The van der Waals surface area contributed by atoms with Gasteiger partial charge in [-0.15, -0.1) is 0 Å². The number of hydrogen-bond acceptors (Lipinski definition) is 0. The van der Waals surface area contributed by atoms with Crippen LogP contribution in [0.5, 0.6) is 0 Å². The van der Waals surface area contributed by atoms with E-state index in [0.29, 0.717) is 0 Å². The zero-order valence-electron chi connectivity index (χ0n) is 10.8. The van der Waals surface area contributed by atoms with Gasteiger partial charge < -0.3 is 0 Å². The van der Waals surface area contributed by atoms with Gasteiger partial charge in [0.15, 0.2) is 0 Å². The van der Waals surface area contributed by atoms with Gasteiger partial charge in [-0.1, -0.05) is 60.8 Å². The molecule has 0 aliphatic heterocycles. The van der Waals surface area contributed by atoms with E-state index in [-0.39, 0.29) is 18.3 Å². The fourth-order valence-corrected chi connectivity index (χ4v) is 4.59. The van der Waals surface area contributed by atoms with Crippen molar-refractivity contribution in [1.82, 2.24) is 0 Å². The van der Waals surface area contributed by atoms with Crippen LogP contribution in [-0.2, 0) is 0 Å². The Balaban J connectivity index is 2.30. The summed E-state index contributed by atoms with van der Waals surface area (Å²) < 4.78 is 15.8. The molecule has 3 atom stereocenters. The van der Waals surface area contributed by atoms with Crippen LogP contribution in [-0.4, -0.2) is 8.07 Å². The third-order valence-electron chi connectivity index (χ3n) is 3.10. The van der Waals surface area contributed by atoms with Gasteiger partial charge in [0, 0.05) is 2.74 Å². The summed E-state index contributed by atoms with van der Waals surface area (Å²) in [4.78, 5) is 0. The molecular weight excluding hydrogens is 184 g/mol. The van der Waals surface area contributed by atoms with E-state index in [2.05, 4.69) is 43.4 Å². The minimum Gasteiger partial charge on any atom is -0.0885 e. The van der Waals surface area contributed by atoms with Crippen molar-refractivity contribution in [3.05, 3.63) is 42.5 Å². The third-order valence-corrected chi connectivity index (χ3v) is 6.97. The van der Waals surface area contributed by atoms with Crippen LogP contribution in [0.4, 0.5) is 0 Å².